The Morgan fingerprint density at radius 3 is 2.58 bits per heavy atom. The number of carbonyl (C=O) groups is 1. The molecule has 0 spiro atoms. The van der Waals surface area contributed by atoms with Crippen molar-refractivity contribution in [1.82, 2.24) is 10.9 Å². The lowest BCUT2D eigenvalue weighted by atomic mass is 10.1. The van der Waals surface area contributed by atoms with E-state index in [1.807, 2.05) is 6.92 Å². The number of carbonyl (C=O) groups excluding carboxylic acids is 1. The molecule has 9 heteroatoms. The molecular weight excluding hydrogens is 359 g/mol. The molecule has 1 amide bonds. The Balaban J connectivity index is 1.74. The summed E-state index contributed by atoms with van der Waals surface area (Å²) in [6.45, 7) is 2.02. The summed E-state index contributed by atoms with van der Waals surface area (Å²) in [5.41, 5.74) is 7.00. The van der Waals surface area contributed by atoms with E-state index in [4.69, 9.17) is 0 Å². The molecule has 2 aromatic carbocycles. The Morgan fingerprint density at radius 2 is 1.88 bits per heavy atom. The van der Waals surface area contributed by atoms with Crippen LogP contribution in [0.5, 0.6) is 0 Å². The molecule has 2 aromatic rings. The first-order chi connectivity index (χ1) is 12.3. The molecule has 0 aliphatic carbocycles. The zero-order valence-corrected chi connectivity index (χ0v) is 14.8. The number of anilines is 2. The van der Waals surface area contributed by atoms with E-state index in [0.29, 0.717) is 5.69 Å². The predicted molar refractivity (Wildman–Crippen MR) is 97.2 cm³/mol. The molecule has 4 N–H and O–H groups in total. The van der Waals surface area contributed by atoms with Crippen molar-refractivity contribution >= 4 is 27.3 Å². The molecule has 2 unspecified atom stereocenters. The lowest BCUT2D eigenvalue weighted by Crippen LogP contribution is -2.45. The lowest BCUT2D eigenvalue weighted by Gasteiger charge is -2.19. The number of hydrazine groups is 1. The zero-order valence-electron chi connectivity index (χ0n) is 14.0. The van der Waals surface area contributed by atoms with Gasteiger partial charge in [0.2, 0.25) is 5.91 Å². The van der Waals surface area contributed by atoms with E-state index in [2.05, 4.69) is 20.9 Å². The largest absolute Gasteiger partial charge is 0.326 e. The molecule has 138 valence electrons. The van der Waals surface area contributed by atoms with Crippen LogP contribution in [0.15, 0.2) is 48.5 Å². The maximum atomic E-state index is 13.2. The van der Waals surface area contributed by atoms with E-state index in [9.17, 15) is 17.6 Å². The standard InChI is InChI=1S/C17H19FN4O3S/c1-11-5-7-13(8-6-11)22-26(24,25)17-15(10-19-21-17)16(23)20-14-4-2-3-12(18)9-14/h2-9,15,17,19,21-22H,10H2,1H3,(H,20,23). The van der Waals surface area contributed by atoms with Crippen molar-refractivity contribution in [1.29, 1.82) is 0 Å². The van der Waals surface area contributed by atoms with Gasteiger partial charge in [0.05, 0.1) is 5.92 Å². The van der Waals surface area contributed by atoms with Gasteiger partial charge >= 0.3 is 0 Å². The van der Waals surface area contributed by atoms with Crippen LogP contribution in [-0.2, 0) is 14.8 Å². The van der Waals surface area contributed by atoms with Crippen molar-refractivity contribution < 1.29 is 17.6 Å². The lowest BCUT2D eigenvalue weighted by molar-refractivity contribution is -0.119. The Kier molecular flexibility index (Phi) is 5.21. The number of benzene rings is 2. The highest BCUT2D eigenvalue weighted by molar-refractivity contribution is 7.93. The minimum absolute atomic E-state index is 0.126. The van der Waals surface area contributed by atoms with Crippen molar-refractivity contribution in [3.8, 4) is 0 Å². The third-order valence-corrected chi connectivity index (χ3v) is 5.64. The molecular formula is C17H19FN4O3S. The number of hydrogen-bond acceptors (Lipinski definition) is 5. The topological polar surface area (TPSA) is 99.3 Å². The van der Waals surface area contributed by atoms with Gasteiger partial charge < -0.3 is 5.32 Å². The average Bonchev–Trinajstić information content (AvgIpc) is 3.08. The van der Waals surface area contributed by atoms with E-state index in [1.54, 1.807) is 24.3 Å². The Morgan fingerprint density at radius 1 is 1.15 bits per heavy atom. The maximum absolute atomic E-state index is 13.2. The Bertz CT molecular complexity index is 902. The fourth-order valence-electron chi connectivity index (χ4n) is 2.65. The average molecular weight is 378 g/mol. The van der Waals surface area contributed by atoms with Crippen LogP contribution >= 0.6 is 0 Å². The van der Waals surface area contributed by atoms with Gasteiger partial charge in [-0.2, -0.15) is 0 Å². The zero-order chi connectivity index (χ0) is 18.7. The smallest absolute Gasteiger partial charge is 0.250 e. The molecule has 1 aliphatic rings. The predicted octanol–water partition coefficient (Wildman–Crippen LogP) is 1.56. The van der Waals surface area contributed by atoms with Crippen molar-refractivity contribution in [2.75, 3.05) is 16.6 Å². The van der Waals surface area contributed by atoms with E-state index in [-0.39, 0.29) is 12.2 Å². The van der Waals surface area contributed by atoms with Crippen LogP contribution in [0.2, 0.25) is 0 Å². The maximum Gasteiger partial charge on any atom is 0.250 e. The van der Waals surface area contributed by atoms with Gasteiger partial charge in [0.1, 0.15) is 5.82 Å². The highest BCUT2D eigenvalue weighted by atomic mass is 32.2. The number of rotatable bonds is 5. The first kappa shape index (κ1) is 18.3. The minimum atomic E-state index is -3.88. The number of sulfonamides is 1. The van der Waals surface area contributed by atoms with E-state index in [0.717, 1.165) is 5.56 Å². The first-order valence-electron chi connectivity index (χ1n) is 7.98. The highest BCUT2D eigenvalue weighted by Gasteiger charge is 2.41. The molecule has 2 atom stereocenters. The van der Waals surface area contributed by atoms with Crippen LogP contribution in [0.3, 0.4) is 0 Å². The van der Waals surface area contributed by atoms with Crippen LogP contribution in [0.1, 0.15) is 5.56 Å². The van der Waals surface area contributed by atoms with Gasteiger partial charge in [0, 0.05) is 17.9 Å². The third kappa shape index (κ3) is 4.18. The summed E-state index contributed by atoms with van der Waals surface area (Å²) in [7, 11) is -3.88. The molecule has 3 rings (SSSR count). The first-order valence-corrected chi connectivity index (χ1v) is 9.53. The van der Waals surface area contributed by atoms with E-state index in [1.165, 1.54) is 24.3 Å². The number of halogens is 1. The molecule has 0 bridgehead atoms. The normalized spacial score (nSPS) is 19.9. The van der Waals surface area contributed by atoms with Gasteiger partial charge in [-0.25, -0.2) is 18.2 Å². The van der Waals surface area contributed by atoms with Gasteiger partial charge in [-0.15, -0.1) is 0 Å². The monoisotopic (exact) mass is 378 g/mol. The van der Waals surface area contributed by atoms with Crippen LogP contribution in [0, 0.1) is 18.7 Å². The summed E-state index contributed by atoms with van der Waals surface area (Å²) in [5, 5.41) is 1.38. The summed E-state index contributed by atoms with van der Waals surface area (Å²) in [6, 6.07) is 12.3. The molecule has 1 fully saturated rings. The highest BCUT2D eigenvalue weighted by Crippen LogP contribution is 2.20. The van der Waals surface area contributed by atoms with Gasteiger partial charge in [0.15, 0.2) is 5.37 Å². The molecule has 1 aliphatic heterocycles. The Labute approximate surface area is 151 Å². The van der Waals surface area contributed by atoms with Gasteiger partial charge in [-0.05, 0) is 37.3 Å². The van der Waals surface area contributed by atoms with E-state index < -0.39 is 33.0 Å². The van der Waals surface area contributed by atoms with Crippen LogP contribution in [-0.4, -0.2) is 26.2 Å². The van der Waals surface area contributed by atoms with Crippen LogP contribution in [0.25, 0.3) is 0 Å². The molecule has 0 aromatic heterocycles. The molecule has 7 nitrogen and oxygen atoms in total. The van der Waals surface area contributed by atoms with Crippen molar-refractivity contribution in [2.45, 2.75) is 12.3 Å². The van der Waals surface area contributed by atoms with Crippen molar-refractivity contribution in [3.63, 3.8) is 0 Å². The van der Waals surface area contributed by atoms with Crippen LogP contribution in [0.4, 0.5) is 15.8 Å². The minimum Gasteiger partial charge on any atom is -0.326 e. The fraction of sp³-hybridized carbons (Fsp3) is 0.235. The molecule has 26 heavy (non-hydrogen) atoms. The molecule has 1 saturated heterocycles. The van der Waals surface area contributed by atoms with Crippen molar-refractivity contribution in [3.05, 3.63) is 59.9 Å². The SMILES string of the molecule is Cc1ccc(NS(=O)(=O)C2NNCC2C(=O)Nc2cccc(F)c2)cc1. The Hall–Kier alpha value is -2.49. The number of hydrogen-bond donors (Lipinski definition) is 4. The number of amides is 1. The molecule has 0 saturated carbocycles. The summed E-state index contributed by atoms with van der Waals surface area (Å²) < 4.78 is 41.0. The number of nitrogens with one attached hydrogen (secondary N) is 4. The second-order valence-corrected chi connectivity index (χ2v) is 7.87. The number of aryl methyl sites for hydroxylation is 1. The van der Waals surface area contributed by atoms with Gasteiger partial charge in [0.25, 0.3) is 10.0 Å². The molecule has 0 radical (unpaired) electrons. The summed E-state index contributed by atoms with van der Waals surface area (Å²) in [4.78, 5) is 12.5. The summed E-state index contributed by atoms with van der Waals surface area (Å²) in [5.74, 6) is -1.90. The second kappa shape index (κ2) is 7.40. The van der Waals surface area contributed by atoms with Gasteiger partial charge in [-0.1, -0.05) is 23.8 Å². The quantitative estimate of drug-likeness (QED) is 0.633. The van der Waals surface area contributed by atoms with Gasteiger partial charge in [-0.3, -0.25) is 14.9 Å². The second-order valence-electron chi connectivity index (χ2n) is 6.07. The summed E-state index contributed by atoms with van der Waals surface area (Å²) in [6.07, 6.45) is 0. The van der Waals surface area contributed by atoms with Crippen molar-refractivity contribution in [2.24, 2.45) is 5.92 Å². The van der Waals surface area contributed by atoms with Crippen LogP contribution < -0.4 is 20.9 Å². The summed E-state index contributed by atoms with van der Waals surface area (Å²) >= 11 is 0. The van der Waals surface area contributed by atoms with E-state index >= 15 is 0 Å². The fourth-order valence-corrected chi connectivity index (χ4v) is 4.13. The molecule has 1 heterocycles. The third-order valence-electron chi connectivity index (χ3n) is 4.01.